The molecule has 0 heterocycles. The Hall–Kier alpha value is 2.35. The van der Waals surface area contributed by atoms with E-state index < -0.39 is 7.32 Å². The maximum absolute atomic E-state index is 8.42. The van der Waals surface area contributed by atoms with Gasteiger partial charge in [0.25, 0.3) is 0 Å². The standard InChI is InChI=1S/BO3.K.Mg/c2-1(3)4;;/q-3;+1;+2. The summed E-state index contributed by atoms with van der Waals surface area (Å²) in [5.74, 6) is 0. The fourth-order valence-corrected chi connectivity index (χ4v) is 0. The molecule has 0 fully saturated rings. The zero-order chi connectivity index (χ0) is 3.58. The zero-order valence-corrected chi connectivity index (χ0v) is 8.05. The Morgan fingerprint density at radius 2 is 1.00 bits per heavy atom. The van der Waals surface area contributed by atoms with Gasteiger partial charge in [-0.3, -0.25) is 7.32 Å². The normalized spacial score (nSPS) is 4.50. The van der Waals surface area contributed by atoms with Crippen molar-refractivity contribution >= 4 is 30.4 Å². The Bertz CT molecular complexity index is 15.5. The Kier molecular flexibility index (Phi) is 27.2. The first-order valence-electron chi connectivity index (χ1n) is 0.707. The van der Waals surface area contributed by atoms with Gasteiger partial charge in [0.05, 0.1) is 0 Å². The van der Waals surface area contributed by atoms with E-state index in [0.717, 1.165) is 0 Å². The van der Waals surface area contributed by atoms with Crippen molar-refractivity contribution < 1.29 is 66.5 Å². The first-order chi connectivity index (χ1) is 1.73. The fraction of sp³-hybridized carbons (Fsp3) is 0. The Morgan fingerprint density at radius 3 is 1.00 bits per heavy atom. The van der Waals surface area contributed by atoms with Gasteiger partial charge in [-0.05, 0) is 0 Å². The first-order valence-corrected chi connectivity index (χ1v) is 0.707. The Morgan fingerprint density at radius 1 is 1.00 bits per heavy atom. The van der Waals surface area contributed by atoms with E-state index in [1.165, 1.54) is 0 Å². The quantitative estimate of drug-likeness (QED) is 0.300. The molecule has 0 aliphatic rings. The van der Waals surface area contributed by atoms with Crippen molar-refractivity contribution in [2.75, 3.05) is 0 Å². The average Bonchev–Trinajstić information content (AvgIpc) is 0.811. The second-order valence-corrected chi connectivity index (χ2v) is 0.289. The summed E-state index contributed by atoms with van der Waals surface area (Å²) in [4.78, 5) is 0. The molecule has 0 saturated carbocycles. The van der Waals surface area contributed by atoms with E-state index in [1.54, 1.807) is 0 Å². The fourth-order valence-electron chi connectivity index (χ4n) is 0. The largest absolute Gasteiger partial charge is 2.00 e. The van der Waals surface area contributed by atoms with Crippen LogP contribution in [0.25, 0.3) is 0 Å². The summed E-state index contributed by atoms with van der Waals surface area (Å²) in [6, 6.07) is 0. The minimum atomic E-state index is -2.92. The molecule has 0 aromatic heterocycles. The van der Waals surface area contributed by atoms with Crippen molar-refractivity contribution in [3.8, 4) is 0 Å². The van der Waals surface area contributed by atoms with E-state index >= 15 is 0 Å². The Balaban J connectivity index is -0.0000000450. The van der Waals surface area contributed by atoms with Gasteiger partial charge in [0.15, 0.2) is 0 Å². The minimum absolute atomic E-state index is 0. The maximum Gasteiger partial charge on any atom is 2.00 e. The molecule has 24 valence electrons. The smallest absolute Gasteiger partial charge is 0.907 e. The SMILES string of the molecule is [K+].[Mg+2].[O-]B([O-])[O-]. The molecule has 0 aromatic carbocycles. The van der Waals surface area contributed by atoms with Gasteiger partial charge in [-0.1, -0.05) is 0 Å². The molecule has 0 saturated heterocycles. The summed E-state index contributed by atoms with van der Waals surface area (Å²) in [7, 11) is -2.92. The molecule has 0 N–H and O–H groups in total. The van der Waals surface area contributed by atoms with Crippen LogP contribution in [0.5, 0.6) is 0 Å². The van der Waals surface area contributed by atoms with E-state index in [4.69, 9.17) is 15.1 Å². The van der Waals surface area contributed by atoms with Gasteiger partial charge >= 0.3 is 74.4 Å². The van der Waals surface area contributed by atoms with E-state index in [0.29, 0.717) is 0 Å². The Labute approximate surface area is 94.9 Å². The van der Waals surface area contributed by atoms with E-state index in [-0.39, 0.29) is 74.4 Å². The summed E-state index contributed by atoms with van der Waals surface area (Å²) in [5, 5.41) is 25.2. The molecule has 0 bridgehead atoms. The molecule has 0 amide bonds. The minimum Gasteiger partial charge on any atom is -0.907 e. The molecular weight excluding hydrogens is 122 g/mol. The number of rotatable bonds is 0. The molecule has 0 spiro atoms. The van der Waals surface area contributed by atoms with Crippen LogP contribution in [-0.4, -0.2) is 30.4 Å². The average molecular weight is 122 g/mol. The van der Waals surface area contributed by atoms with Crippen LogP contribution in [0.4, 0.5) is 0 Å². The molecule has 0 aliphatic carbocycles. The van der Waals surface area contributed by atoms with Crippen molar-refractivity contribution in [3.05, 3.63) is 0 Å². The van der Waals surface area contributed by atoms with E-state index in [9.17, 15) is 0 Å². The topological polar surface area (TPSA) is 69.2 Å². The van der Waals surface area contributed by atoms with Crippen molar-refractivity contribution in [3.63, 3.8) is 0 Å². The van der Waals surface area contributed by atoms with Crippen LogP contribution in [-0.2, 0) is 0 Å². The maximum atomic E-state index is 8.42. The summed E-state index contributed by atoms with van der Waals surface area (Å²) in [5.41, 5.74) is 0. The zero-order valence-electron chi connectivity index (χ0n) is 3.51. The van der Waals surface area contributed by atoms with Crippen LogP contribution in [0, 0.1) is 0 Å². The second-order valence-electron chi connectivity index (χ2n) is 0.289. The van der Waals surface area contributed by atoms with Crippen molar-refractivity contribution in [1.82, 2.24) is 0 Å². The van der Waals surface area contributed by atoms with E-state index in [1.807, 2.05) is 0 Å². The summed E-state index contributed by atoms with van der Waals surface area (Å²) >= 11 is 0. The summed E-state index contributed by atoms with van der Waals surface area (Å²) in [6.07, 6.45) is 0. The molecular formula is BKMgO3. The van der Waals surface area contributed by atoms with Gasteiger partial charge in [-0.15, -0.1) is 0 Å². The van der Waals surface area contributed by atoms with Crippen LogP contribution in [0.3, 0.4) is 0 Å². The van der Waals surface area contributed by atoms with Gasteiger partial charge in [-0.25, -0.2) is 0 Å². The summed E-state index contributed by atoms with van der Waals surface area (Å²) in [6.45, 7) is 0. The number of hydrogen-bond acceptors (Lipinski definition) is 3. The van der Waals surface area contributed by atoms with E-state index in [2.05, 4.69) is 0 Å². The second kappa shape index (κ2) is 10.4. The molecule has 3 nitrogen and oxygen atoms in total. The molecule has 0 rings (SSSR count). The van der Waals surface area contributed by atoms with Crippen LogP contribution < -0.4 is 66.5 Å². The third-order valence-electron chi connectivity index (χ3n) is 0. The molecule has 6 heteroatoms. The van der Waals surface area contributed by atoms with Crippen LogP contribution in [0.15, 0.2) is 0 Å². The molecule has 6 heavy (non-hydrogen) atoms. The molecule has 0 unspecified atom stereocenters. The monoisotopic (exact) mass is 122 g/mol. The van der Waals surface area contributed by atoms with Crippen LogP contribution in [0.1, 0.15) is 0 Å². The van der Waals surface area contributed by atoms with Gasteiger partial charge in [-0.2, -0.15) is 0 Å². The number of hydrogen-bond donors (Lipinski definition) is 0. The van der Waals surface area contributed by atoms with Gasteiger partial charge < -0.3 is 15.1 Å². The van der Waals surface area contributed by atoms with Crippen LogP contribution >= 0.6 is 0 Å². The first kappa shape index (κ1) is 15.8. The van der Waals surface area contributed by atoms with Gasteiger partial charge in [0.2, 0.25) is 0 Å². The molecule has 0 atom stereocenters. The molecule has 0 aliphatic heterocycles. The van der Waals surface area contributed by atoms with Crippen molar-refractivity contribution in [2.24, 2.45) is 0 Å². The van der Waals surface area contributed by atoms with Gasteiger partial charge in [0, 0.05) is 0 Å². The van der Waals surface area contributed by atoms with Crippen molar-refractivity contribution in [2.45, 2.75) is 0 Å². The molecule has 0 aromatic rings. The van der Waals surface area contributed by atoms with Crippen molar-refractivity contribution in [1.29, 1.82) is 0 Å². The summed E-state index contributed by atoms with van der Waals surface area (Å²) < 4.78 is 0. The van der Waals surface area contributed by atoms with Gasteiger partial charge in [0.1, 0.15) is 0 Å². The molecule has 0 radical (unpaired) electrons. The third kappa shape index (κ3) is 32.9. The predicted octanol–water partition coefficient (Wildman–Crippen LogP) is -7.32. The third-order valence-corrected chi connectivity index (χ3v) is 0. The predicted molar refractivity (Wildman–Crippen MR) is 11.5 cm³/mol. The van der Waals surface area contributed by atoms with Crippen LogP contribution in [0.2, 0.25) is 0 Å².